The monoisotopic (exact) mass is 326 g/mol. The van der Waals surface area contributed by atoms with Crippen molar-refractivity contribution in [3.05, 3.63) is 46.7 Å². The van der Waals surface area contributed by atoms with Gasteiger partial charge in [0.15, 0.2) is 11.0 Å². The van der Waals surface area contributed by atoms with Gasteiger partial charge >= 0.3 is 0 Å². The minimum Gasteiger partial charge on any atom is -0.334 e. The van der Waals surface area contributed by atoms with E-state index in [1.807, 2.05) is 5.38 Å². The molecule has 0 radical (unpaired) electrons. The third kappa shape index (κ3) is 3.00. The van der Waals surface area contributed by atoms with Crippen LogP contribution in [0.5, 0.6) is 0 Å². The van der Waals surface area contributed by atoms with Crippen molar-refractivity contribution in [2.45, 2.75) is 25.7 Å². The molecule has 116 valence electrons. The molecule has 0 spiro atoms. The van der Waals surface area contributed by atoms with Crippen LogP contribution < -0.4 is 5.32 Å². The molecule has 1 amide bonds. The van der Waals surface area contributed by atoms with Crippen LogP contribution in [0.1, 0.15) is 40.6 Å². The van der Waals surface area contributed by atoms with E-state index in [2.05, 4.69) is 20.4 Å². The van der Waals surface area contributed by atoms with Gasteiger partial charge in [-0.3, -0.25) is 10.1 Å². The molecule has 3 aromatic rings. The summed E-state index contributed by atoms with van der Waals surface area (Å²) in [6, 6.07) is 7.05. The van der Waals surface area contributed by atoms with Crippen LogP contribution in [0.4, 0.5) is 5.13 Å². The van der Waals surface area contributed by atoms with Crippen molar-refractivity contribution in [2.75, 3.05) is 5.32 Å². The van der Waals surface area contributed by atoms with Crippen molar-refractivity contribution in [1.82, 2.24) is 15.1 Å². The Balaban J connectivity index is 1.47. The van der Waals surface area contributed by atoms with Crippen LogP contribution in [0, 0.1) is 6.92 Å². The molecule has 0 bridgehead atoms. The maximum Gasteiger partial charge on any atom is 0.257 e. The lowest BCUT2D eigenvalue weighted by Crippen LogP contribution is -2.11. The molecule has 4 rings (SSSR count). The summed E-state index contributed by atoms with van der Waals surface area (Å²) in [6.07, 6.45) is 2.40. The zero-order chi connectivity index (χ0) is 15.8. The third-order valence-electron chi connectivity index (χ3n) is 3.66. The molecular formula is C16H14N4O2S. The Bertz CT molecular complexity index is 849. The van der Waals surface area contributed by atoms with Gasteiger partial charge in [-0.05, 0) is 44.0 Å². The molecule has 1 aliphatic carbocycles. The standard InChI is InChI=1S/C16H14N4O2S/c1-9-17-15(22-20-9)12-6-4-11(5-7-12)14(21)19-16-18-13(8-23-16)10-2-3-10/h4-8,10H,2-3H2,1H3,(H,18,19,21). The molecule has 1 fully saturated rings. The number of carbonyl (C=O) groups excluding carboxylic acids is 1. The van der Waals surface area contributed by atoms with Crippen molar-refractivity contribution >= 4 is 22.4 Å². The smallest absolute Gasteiger partial charge is 0.257 e. The topological polar surface area (TPSA) is 80.9 Å². The molecule has 7 heteroatoms. The van der Waals surface area contributed by atoms with Crippen LogP contribution in [0.25, 0.3) is 11.5 Å². The number of nitrogens with one attached hydrogen (secondary N) is 1. The van der Waals surface area contributed by atoms with E-state index in [9.17, 15) is 4.79 Å². The molecule has 2 aromatic heterocycles. The number of hydrogen-bond acceptors (Lipinski definition) is 6. The second kappa shape index (κ2) is 5.58. The van der Waals surface area contributed by atoms with E-state index >= 15 is 0 Å². The van der Waals surface area contributed by atoms with E-state index < -0.39 is 0 Å². The van der Waals surface area contributed by atoms with E-state index in [1.54, 1.807) is 31.2 Å². The lowest BCUT2D eigenvalue weighted by molar-refractivity contribution is 0.102. The largest absolute Gasteiger partial charge is 0.334 e. The zero-order valence-corrected chi connectivity index (χ0v) is 13.3. The summed E-state index contributed by atoms with van der Waals surface area (Å²) in [4.78, 5) is 20.9. The number of anilines is 1. The van der Waals surface area contributed by atoms with Gasteiger partial charge in [-0.15, -0.1) is 11.3 Å². The van der Waals surface area contributed by atoms with E-state index in [0.717, 1.165) is 11.3 Å². The number of rotatable bonds is 4. The summed E-state index contributed by atoms with van der Waals surface area (Å²) in [5.41, 5.74) is 2.44. The Labute approximate surface area is 136 Å². The molecule has 23 heavy (non-hydrogen) atoms. The predicted octanol–water partition coefficient (Wildman–Crippen LogP) is 3.63. The molecule has 1 N–H and O–H groups in total. The van der Waals surface area contributed by atoms with Gasteiger partial charge in [-0.25, -0.2) is 4.98 Å². The lowest BCUT2D eigenvalue weighted by atomic mass is 10.1. The van der Waals surface area contributed by atoms with Crippen molar-refractivity contribution in [3.63, 3.8) is 0 Å². The Kier molecular flexibility index (Phi) is 3.42. The maximum atomic E-state index is 12.3. The van der Waals surface area contributed by atoms with E-state index in [1.165, 1.54) is 24.2 Å². The molecule has 0 aliphatic heterocycles. The van der Waals surface area contributed by atoms with Gasteiger partial charge in [0.05, 0.1) is 5.69 Å². The fourth-order valence-corrected chi connectivity index (χ4v) is 3.05. The summed E-state index contributed by atoms with van der Waals surface area (Å²) >= 11 is 1.47. The predicted molar refractivity (Wildman–Crippen MR) is 86.5 cm³/mol. The zero-order valence-electron chi connectivity index (χ0n) is 12.4. The number of nitrogens with zero attached hydrogens (tertiary/aromatic N) is 3. The first-order valence-electron chi connectivity index (χ1n) is 7.36. The minimum absolute atomic E-state index is 0.171. The normalized spacial score (nSPS) is 14.0. The van der Waals surface area contributed by atoms with E-state index in [4.69, 9.17) is 4.52 Å². The van der Waals surface area contributed by atoms with E-state index in [0.29, 0.717) is 28.3 Å². The van der Waals surface area contributed by atoms with Crippen LogP contribution in [0.3, 0.4) is 0 Å². The Morgan fingerprint density at radius 2 is 2.04 bits per heavy atom. The second-order valence-electron chi connectivity index (χ2n) is 5.53. The van der Waals surface area contributed by atoms with Gasteiger partial charge in [0.25, 0.3) is 11.8 Å². The molecule has 6 nitrogen and oxygen atoms in total. The number of thiazole rings is 1. The quantitative estimate of drug-likeness (QED) is 0.792. The van der Waals surface area contributed by atoms with Crippen molar-refractivity contribution in [2.24, 2.45) is 0 Å². The first-order valence-corrected chi connectivity index (χ1v) is 8.24. The molecular weight excluding hydrogens is 312 g/mol. The van der Waals surface area contributed by atoms with Crippen LogP contribution in [0.15, 0.2) is 34.2 Å². The van der Waals surface area contributed by atoms with Gasteiger partial charge < -0.3 is 4.52 Å². The van der Waals surface area contributed by atoms with Crippen LogP contribution in [-0.4, -0.2) is 21.0 Å². The summed E-state index contributed by atoms with van der Waals surface area (Å²) in [6.45, 7) is 1.76. The molecule has 0 unspecified atom stereocenters. The molecule has 1 aliphatic rings. The van der Waals surface area contributed by atoms with E-state index in [-0.39, 0.29) is 5.91 Å². The average molecular weight is 326 g/mol. The van der Waals surface area contributed by atoms with Crippen molar-refractivity contribution in [3.8, 4) is 11.5 Å². The highest BCUT2D eigenvalue weighted by Gasteiger charge is 2.26. The molecule has 0 saturated heterocycles. The Hall–Kier alpha value is -2.54. The molecule has 0 atom stereocenters. The summed E-state index contributed by atoms with van der Waals surface area (Å²) in [7, 11) is 0. The van der Waals surface area contributed by atoms with Gasteiger partial charge in [-0.2, -0.15) is 4.98 Å². The number of carbonyl (C=O) groups is 1. The SMILES string of the molecule is Cc1noc(-c2ccc(C(=O)Nc3nc(C4CC4)cs3)cc2)n1. The number of amides is 1. The number of aryl methyl sites for hydroxylation is 1. The molecule has 1 saturated carbocycles. The van der Waals surface area contributed by atoms with Gasteiger partial charge in [0, 0.05) is 22.4 Å². The maximum absolute atomic E-state index is 12.3. The van der Waals surface area contributed by atoms with Gasteiger partial charge in [0.1, 0.15) is 0 Å². The Morgan fingerprint density at radius 3 is 2.70 bits per heavy atom. The lowest BCUT2D eigenvalue weighted by Gasteiger charge is -2.02. The highest BCUT2D eigenvalue weighted by atomic mass is 32.1. The number of aromatic nitrogens is 3. The van der Waals surface area contributed by atoms with Gasteiger partial charge in [-0.1, -0.05) is 5.16 Å². The van der Waals surface area contributed by atoms with Crippen LogP contribution >= 0.6 is 11.3 Å². The average Bonchev–Trinajstić information content (AvgIpc) is 3.16. The second-order valence-corrected chi connectivity index (χ2v) is 6.39. The van der Waals surface area contributed by atoms with Crippen LogP contribution in [-0.2, 0) is 0 Å². The fraction of sp³-hybridized carbons (Fsp3) is 0.250. The summed E-state index contributed by atoms with van der Waals surface area (Å²) in [5.74, 6) is 1.45. The van der Waals surface area contributed by atoms with Gasteiger partial charge in [0.2, 0.25) is 0 Å². The first kappa shape index (κ1) is 14.1. The highest BCUT2D eigenvalue weighted by Crippen LogP contribution is 2.40. The first-order chi connectivity index (χ1) is 11.2. The minimum atomic E-state index is -0.171. The van der Waals surface area contributed by atoms with Crippen LogP contribution in [0.2, 0.25) is 0 Å². The third-order valence-corrected chi connectivity index (χ3v) is 4.44. The number of hydrogen-bond donors (Lipinski definition) is 1. The number of benzene rings is 1. The summed E-state index contributed by atoms with van der Waals surface area (Å²) in [5, 5.41) is 9.27. The highest BCUT2D eigenvalue weighted by molar-refractivity contribution is 7.14. The summed E-state index contributed by atoms with van der Waals surface area (Å²) < 4.78 is 5.11. The fourth-order valence-electron chi connectivity index (χ4n) is 2.26. The van der Waals surface area contributed by atoms with Crippen molar-refractivity contribution < 1.29 is 9.32 Å². The Morgan fingerprint density at radius 1 is 1.26 bits per heavy atom. The van der Waals surface area contributed by atoms with Crippen molar-refractivity contribution in [1.29, 1.82) is 0 Å². The molecule has 2 heterocycles. The molecule has 1 aromatic carbocycles.